The van der Waals surface area contributed by atoms with E-state index >= 15 is 0 Å². The summed E-state index contributed by atoms with van der Waals surface area (Å²) < 4.78 is 29.6. The molecule has 4 rings (SSSR count). The SMILES string of the molecule is CC(=O)c1cccc(NC(=O)[C@@H]2O[C@H]3OC(C)(C)O[C@@H]3[C@H]3OC(C)(C)O[C@H]32)c1. The first kappa shape index (κ1) is 19.5. The predicted molar refractivity (Wildman–Crippen MR) is 97.6 cm³/mol. The van der Waals surface area contributed by atoms with Crippen LogP contribution in [-0.2, 0) is 28.5 Å². The van der Waals surface area contributed by atoms with Crippen LogP contribution in [-0.4, -0.2) is 54.0 Å². The Hall–Kier alpha value is -1.84. The number of fused-ring (bicyclic) bond motifs is 3. The van der Waals surface area contributed by atoms with Crippen molar-refractivity contribution in [3.05, 3.63) is 29.8 Å². The Morgan fingerprint density at radius 1 is 0.929 bits per heavy atom. The first-order valence-electron chi connectivity index (χ1n) is 9.33. The Bertz CT molecular complexity index is 805. The van der Waals surface area contributed by atoms with Crippen molar-refractivity contribution in [1.29, 1.82) is 0 Å². The van der Waals surface area contributed by atoms with E-state index in [1.807, 2.05) is 0 Å². The van der Waals surface area contributed by atoms with Gasteiger partial charge in [-0.05, 0) is 46.8 Å². The number of benzene rings is 1. The Morgan fingerprint density at radius 2 is 1.57 bits per heavy atom. The number of ether oxygens (including phenoxy) is 5. The maximum Gasteiger partial charge on any atom is 0.256 e. The molecule has 8 nitrogen and oxygen atoms in total. The van der Waals surface area contributed by atoms with Crippen LogP contribution in [0.15, 0.2) is 24.3 Å². The molecule has 3 heterocycles. The lowest BCUT2D eigenvalue weighted by atomic mass is 9.98. The molecule has 28 heavy (non-hydrogen) atoms. The lowest BCUT2D eigenvalue weighted by molar-refractivity contribution is -0.229. The fourth-order valence-corrected chi connectivity index (χ4v) is 3.85. The maximum absolute atomic E-state index is 13.0. The van der Waals surface area contributed by atoms with E-state index in [4.69, 9.17) is 23.7 Å². The van der Waals surface area contributed by atoms with Crippen molar-refractivity contribution in [2.24, 2.45) is 0 Å². The van der Waals surface area contributed by atoms with Crippen molar-refractivity contribution in [2.75, 3.05) is 5.32 Å². The molecule has 1 amide bonds. The smallest absolute Gasteiger partial charge is 0.256 e. The molecule has 3 saturated heterocycles. The number of rotatable bonds is 3. The molecule has 0 bridgehead atoms. The second kappa shape index (κ2) is 6.60. The summed E-state index contributed by atoms with van der Waals surface area (Å²) in [6, 6.07) is 6.73. The van der Waals surface area contributed by atoms with Crippen LogP contribution in [0.3, 0.4) is 0 Å². The molecule has 1 N–H and O–H groups in total. The van der Waals surface area contributed by atoms with Gasteiger partial charge in [-0.3, -0.25) is 9.59 Å². The normalized spacial score (nSPS) is 35.1. The molecule has 0 spiro atoms. The topological polar surface area (TPSA) is 92.3 Å². The first-order chi connectivity index (χ1) is 13.0. The zero-order valence-corrected chi connectivity index (χ0v) is 16.6. The van der Waals surface area contributed by atoms with Crippen molar-refractivity contribution < 1.29 is 33.3 Å². The number of anilines is 1. The van der Waals surface area contributed by atoms with Crippen LogP contribution < -0.4 is 5.32 Å². The van der Waals surface area contributed by atoms with Gasteiger partial charge < -0.3 is 29.0 Å². The Labute approximate surface area is 163 Å². The van der Waals surface area contributed by atoms with Gasteiger partial charge in [-0.15, -0.1) is 0 Å². The molecule has 152 valence electrons. The minimum Gasteiger partial charge on any atom is -0.342 e. The largest absolute Gasteiger partial charge is 0.342 e. The summed E-state index contributed by atoms with van der Waals surface area (Å²) in [5.41, 5.74) is 1.01. The summed E-state index contributed by atoms with van der Waals surface area (Å²) in [5, 5.41) is 2.80. The van der Waals surface area contributed by atoms with Gasteiger partial charge in [0.15, 0.2) is 29.8 Å². The number of carbonyl (C=O) groups excluding carboxylic acids is 2. The van der Waals surface area contributed by atoms with Crippen molar-refractivity contribution in [1.82, 2.24) is 0 Å². The molecule has 8 heteroatoms. The first-order valence-corrected chi connectivity index (χ1v) is 9.33. The molecule has 0 saturated carbocycles. The predicted octanol–water partition coefficient (Wildman–Crippen LogP) is 2.22. The second-order valence-electron chi connectivity index (χ2n) is 8.22. The molecular formula is C20H25NO7. The fraction of sp³-hybridized carbons (Fsp3) is 0.600. The molecule has 3 aliphatic heterocycles. The molecule has 3 aliphatic rings. The summed E-state index contributed by atoms with van der Waals surface area (Å²) in [7, 11) is 0. The monoisotopic (exact) mass is 391 g/mol. The third kappa shape index (κ3) is 3.58. The van der Waals surface area contributed by atoms with Gasteiger partial charge in [-0.1, -0.05) is 12.1 Å². The third-order valence-electron chi connectivity index (χ3n) is 4.95. The number of ketones is 1. The highest BCUT2D eigenvalue weighted by atomic mass is 16.9. The minimum absolute atomic E-state index is 0.0825. The highest BCUT2D eigenvalue weighted by Crippen LogP contribution is 2.44. The van der Waals surface area contributed by atoms with E-state index in [-0.39, 0.29) is 5.78 Å². The van der Waals surface area contributed by atoms with Crippen molar-refractivity contribution >= 4 is 17.4 Å². The zero-order valence-electron chi connectivity index (χ0n) is 16.6. The van der Waals surface area contributed by atoms with E-state index in [1.54, 1.807) is 52.0 Å². The van der Waals surface area contributed by atoms with Gasteiger partial charge in [0.1, 0.15) is 18.3 Å². The minimum atomic E-state index is -0.952. The highest BCUT2D eigenvalue weighted by Gasteiger charge is 2.62. The van der Waals surface area contributed by atoms with Crippen LogP contribution in [0.4, 0.5) is 5.69 Å². The van der Waals surface area contributed by atoms with E-state index in [9.17, 15) is 9.59 Å². The standard InChI is InChI=1S/C20H25NO7/c1-10(22)11-7-6-8-12(9-11)21-17(23)15-13-14(26-19(2,3)25-13)16-18(24-15)28-20(4,5)27-16/h6-9,13-16,18H,1-5H3,(H,21,23)/t13-,14+,15-,16-,18+/m1/s1. The van der Waals surface area contributed by atoms with E-state index in [0.29, 0.717) is 11.3 Å². The summed E-state index contributed by atoms with van der Waals surface area (Å²) in [6.45, 7) is 8.61. The van der Waals surface area contributed by atoms with Gasteiger partial charge in [0.05, 0.1) is 0 Å². The highest BCUT2D eigenvalue weighted by molar-refractivity contribution is 5.98. The summed E-state index contributed by atoms with van der Waals surface area (Å²) in [5.74, 6) is -2.21. The van der Waals surface area contributed by atoms with Crippen LogP contribution >= 0.6 is 0 Å². The van der Waals surface area contributed by atoms with E-state index in [2.05, 4.69) is 5.32 Å². The molecule has 0 unspecified atom stereocenters. The second-order valence-corrected chi connectivity index (χ2v) is 8.22. The van der Waals surface area contributed by atoms with Gasteiger partial charge in [0, 0.05) is 11.3 Å². The van der Waals surface area contributed by atoms with Crippen LogP contribution in [0.25, 0.3) is 0 Å². The van der Waals surface area contributed by atoms with Crippen molar-refractivity contribution in [3.63, 3.8) is 0 Å². The molecule has 0 aliphatic carbocycles. The zero-order chi connectivity index (χ0) is 20.3. The summed E-state index contributed by atoms with van der Waals surface area (Å²) in [4.78, 5) is 24.6. The van der Waals surface area contributed by atoms with Crippen molar-refractivity contribution in [3.8, 4) is 0 Å². The molecular weight excluding hydrogens is 366 g/mol. The van der Waals surface area contributed by atoms with E-state index < -0.39 is 48.2 Å². The summed E-state index contributed by atoms with van der Waals surface area (Å²) in [6.07, 6.45) is -3.34. The van der Waals surface area contributed by atoms with Gasteiger partial charge in [-0.2, -0.15) is 0 Å². The average molecular weight is 391 g/mol. The number of hydrogen-bond donors (Lipinski definition) is 1. The number of carbonyl (C=O) groups is 2. The Balaban J connectivity index is 1.57. The molecule has 0 aromatic heterocycles. The fourth-order valence-electron chi connectivity index (χ4n) is 3.85. The number of amides is 1. The number of hydrogen-bond acceptors (Lipinski definition) is 7. The van der Waals surface area contributed by atoms with Crippen LogP contribution in [0.1, 0.15) is 45.0 Å². The van der Waals surface area contributed by atoms with Gasteiger partial charge in [0.25, 0.3) is 5.91 Å². The molecule has 1 aromatic carbocycles. The van der Waals surface area contributed by atoms with Gasteiger partial charge >= 0.3 is 0 Å². The Kier molecular flexibility index (Phi) is 4.59. The van der Waals surface area contributed by atoms with Crippen LogP contribution in [0.5, 0.6) is 0 Å². The average Bonchev–Trinajstić information content (AvgIpc) is 3.08. The lowest BCUT2D eigenvalue weighted by Gasteiger charge is -2.36. The lowest BCUT2D eigenvalue weighted by Crippen LogP contribution is -2.58. The van der Waals surface area contributed by atoms with E-state index in [1.165, 1.54) is 6.92 Å². The van der Waals surface area contributed by atoms with E-state index in [0.717, 1.165) is 0 Å². The Morgan fingerprint density at radius 3 is 2.29 bits per heavy atom. The quantitative estimate of drug-likeness (QED) is 0.790. The van der Waals surface area contributed by atoms with Gasteiger partial charge in [0.2, 0.25) is 0 Å². The molecule has 5 atom stereocenters. The van der Waals surface area contributed by atoms with Crippen LogP contribution in [0.2, 0.25) is 0 Å². The maximum atomic E-state index is 13.0. The van der Waals surface area contributed by atoms with Gasteiger partial charge in [-0.25, -0.2) is 0 Å². The number of Topliss-reactive ketones (excluding diaryl/α,β-unsaturated/α-hetero) is 1. The van der Waals surface area contributed by atoms with Crippen molar-refractivity contribution in [2.45, 2.75) is 76.9 Å². The molecule has 1 aromatic rings. The number of nitrogens with one attached hydrogen (secondary N) is 1. The van der Waals surface area contributed by atoms with Crippen LogP contribution in [0, 0.1) is 0 Å². The molecule has 3 fully saturated rings. The third-order valence-corrected chi connectivity index (χ3v) is 4.95. The molecule has 0 radical (unpaired) electrons. The summed E-state index contributed by atoms with van der Waals surface area (Å²) >= 11 is 0.